The Bertz CT molecular complexity index is 378. The highest BCUT2D eigenvalue weighted by Gasteiger charge is 2.19. The van der Waals surface area contributed by atoms with E-state index in [0.29, 0.717) is 12.1 Å². The van der Waals surface area contributed by atoms with Crippen molar-refractivity contribution >= 4 is 53.5 Å². The Kier molecular flexibility index (Phi) is 4.92. The van der Waals surface area contributed by atoms with Crippen LogP contribution >= 0.6 is 47.8 Å². The molecule has 0 heterocycles. The van der Waals surface area contributed by atoms with E-state index in [9.17, 15) is 0 Å². The average molecular weight is 427 g/mol. The van der Waals surface area contributed by atoms with E-state index >= 15 is 0 Å². The smallest absolute Gasteiger partial charge is 0.0631 e. The molecule has 0 saturated heterocycles. The van der Waals surface area contributed by atoms with E-state index in [1.54, 1.807) is 0 Å². The van der Waals surface area contributed by atoms with Crippen molar-refractivity contribution < 1.29 is 0 Å². The van der Waals surface area contributed by atoms with Gasteiger partial charge in [-0.2, -0.15) is 0 Å². The maximum atomic E-state index is 5.92. The minimum atomic E-state index is 0.393. The minimum absolute atomic E-state index is 0.393. The van der Waals surface area contributed by atoms with Crippen molar-refractivity contribution in [1.29, 1.82) is 0 Å². The number of hydrogen-bond acceptors (Lipinski definition) is 2. The van der Waals surface area contributed by atoms with Gasteiger partial charge in [-0.25, -0.2) is 0 Å². The molecule has 1 aromatic rings. The highest BCUT2D eigenvalue weighted by atomic mass is 79.9. The molecule has 0 atom stereocenters. The molecule has 1 saturated carbocycles. The molecule has 2 rings (SSSR count). The summed E-state index contributed by atoms with van der Waals surface area (Å²) >= 11 is 10.7. The van der Waals surface area contributed by atoms with E-state index < -0.39 is 0 Å². The molecule has 17 heavy (non-hydrogen) atoms. The molecule has 5 heteroatoms. The van der Waals surface area contributed by atoms with E-state index in [2.05, 4.69) is 65.2 Å². The molecule has 94 valence electrons. The Morgan fingerprint density at radius 1 is 1.00 bits per heavy atom. The minimum Gasteiger partial charge on any atom is -0.380 e. The van der Waals surface area contributed by atoms with Crippen molar-refractivity contribution in [2.75, 3.05) is 5.32 Å². The maximum Gasteiger partial charge on any atom is 0.0631 e. The van der Waals surface area contributed by atoms with Crippen molar-refractivity contribution in [3.05, 3.63) is 25.6 Å². The summed E-state index contributed by atoms with van der Waals surface area (Å²) < 4.78 is 3.22. The topological polar surface area (TPSA) is 38.0 Å². The lowest BCUT2D eigenvalue weighted by Gasteiger charge is -2.28. The van der Waals surface area contributed by atoms with Crippen molar-refractivity contribution in [2.24, 2.45) is 5.73 Å². The summed E-state index contributed by atoms with van der Waals surface area (Å²) in [7, 11) is 0. The summed E-state index contributed by atoms with van der Waals surface area (Å²) in [5.74, 6) is 0. The Balaban J connectivity index is 2.08. The van der Waals surface area contributed by atoms with Gasteiger partial charge in [0, 0.05) is 25.5 Å². The van der Waals surface area contributed by atoms with E-state index in [1.807, 2.05) is 0 Å². The molecule has 0 spiro atoms. The van der Waals surface area contributed by atoms with Crippen molar-refractivity contribution in [3.63, 3.8) is 0 Å². The standard InChI is InChI=1S/C12H15Br3N2/c13-7-5-10(14)12(11(15)6-7)17-9-3-1-8(16)2-4-9/h5-6,8-9,17H,1-4,16H2. The van der Waals surface area contributed by atoms with Gasteiger partial charge in [0.15, 0.2) is 0 Å². The third-order valence-electron chi connectivity index (χ3n) is 3.13. The van der Waals surface area contributed by atoms with Crippen LogP contribution in [-0.2, 0) is 0 Å². The van der Waals surface area contributed by atoms with Crippen LogP contribution in [0.4, 0.5) is 5.69 Å². The van der Waals surface area contributed by atoms with Gasteiger partial charge < -0.3 is 11.1 Å². The molecule has 2 nitrogen and oxygen atoms in total. The zero-order chi connectivity index (χ0) is 12.4. The summed E-state index contributed by atoms with van der Waals surface area (Å²) in [6, 6.07) is 5.04. The molecule has 1 aromatic carbocycles. The van der Waals surface area contributed by atoms with Crippen LogP contribution in [0, 0.1) is 0 Å². The first-order valence-corrected chi connectivity index (χ1v) is 8.11. The third kappa shape index (κ3) is 3.69. The molecule has 0 amide bonds. The van der Waals surface area contributed by atoms with E-state index in [4.69, 9.17) is 5.73 Å². The molecule has 1 fully saturated rings. The Morgan fingerprint density at radius 3 is 2.06 bits per heavy atom. The predicted octanol–water partition coefficient (Wildman–Crippen LogP) is 4.66. The molecule has 0 aliphatic heterocycles. The highest BCUT2D eigenvalue weighted by molar-refractivity contribution is 9.11. The normalized spacial score (nSPS) is 24.7. The first-order valence-electron chi connectivity index (χ1n) is 5.73. The van der Waals surface area contributed by atoms with Crippen LogP contribution in [0.1, 0.15) is 25.7 Å². The summed E-state index contributed by atoms with van der Waals surface area (Å²) in [6.07, 6.45) is 4.53. The Labute approximate surface area is 127 Å². The number of anilines is 1. The van der Waals surface area contributed by atoms with Gasteiger partial charge in [-0.05, 0) is 69.7 Å². The Hall–Kier alpha value is 0.420. The van der Waals surface area contributed by atoms with Gasteiger partial charge in [0.05, 0.1) is 5.69 Å². The number of halogens is 3. The zero-order valence-corrected chi connectivity index (χ0v) is 14.1. The molecule has 3 N–H and O–H groups in total. The van der Waals surface area contributed by atoms with Crippen LogP contribution < -0.4 is 11.1 Å². The van der Waals surface area contributed by atoms with Crippen LogP contribution in [-0.4, -0.2) is 12.1 Å². The second-order valence-corrected chi connectivity index (χ2v) is 7.12. The van der Waals surface area contributed by atoms with E-state index in [1.165, 1.54) is 0 Å². The van der Waals surface area contributed by atoms with Crippen LogP contribution in [0.15, 0.2) is 25.6 Å². The fourth-order valence-electron chi connectivity index (χ4n) is 2.15. The van der Waals surface area contributed by atoms with Gasteiger partial charge in [0.1, 0.15) is 0 Å². The lowest BCUT2D eigenvalue weighted by Crippen LogP contribution is -2.32. The number of nitrogens with one attached hydrogen (secondary N) is 1. The van der Waals surface area contributed by atoms with Crippen molar-refractivity contribution in [1.82, 2.24) is 0 Å². The second kappa shape index (κ2) is 6.04. The van der Waals surface area contributed by atoms with Crippen LogP contribution in [0.3, 0.4) is 0 Å². The summed E-state index contributed by atoms with van der Waals surface area (Å²) in [4.78, 5) is 0. The lowest BCUT2D eigenvalue weighted by molar-refractivity contribution is 0.411. The van der Waals surface area contributed by atoms with Crippen molar-refractivity contribution in [2.45, 2.75) is 37.8 Å². The van der Waals surface area contributed by atoms with E-state index in [0.717, 1.165) is 44.8 Å². The number of rotatable bonds is 2. The average Bonchev–Trinajstić information content (AvgIpc) is 2.26. The van der Waals surface area contributed by atoms with Crippen LogP contribution in [0.25, 0.3) is 0 Å². The molecule has 0 unspecified atom stereocenters. The monoisotopic (exact) mass is 424 g/mol. The van der Waals surface area contributed by atoms with Gasteiger partial charge >= 0.3 is 0 Å². The zero-order valence-electron chi connectivity index (χ0n) is 9.35. The number of benzene rings is 1. The first kappa shape index (κ1) is 13.8. The summed E-state index contributed by atoms with van der Waals surface area (Å²) in [5, 5.41) is 3.60. The van der Waals surface area contributed by atoms with Gasteiger partial charge in [0.2, 0.25) is 0 Å². The van der Waals surface area contributed by atoms with Gasteiger partial charge in [-0.3, -0.25) is 0 Å². The summed E-state index contributed by atoms with van der Waals surface area (Å²) in [5.41, 5.74) is 7.05. The molecular formula is C12H15Br3N2. The maximum absolute atomic E-state index is 5.92. The molecule has 0 bridgehead atoms. The summed E-state index contributed by atoms with van der Waals surface area (Å²) in [6.45, 7) is 0. The highest BCUT2D eigenvalue weighted by Crippen LogP contribution is 2.36. The van der Waals surface area contributed by atoms with Gasteiger partial charge in [0.25, 0.3) is 0 Å². The first-order chi connectivity index (χ1) is 8.06. The third-order valence-corrected chi connectivity index (χ3v) is 4.84. The molecule has 1 aliphatic rings. The van der Waals surface area contributed by atoms with Gasteiger partial charge in [-0.1, -0.05) is 15.9 Å². The van der Waals surface area contributed by atoms with Crippen LogP contribution in [0.5, 0.6) is 0 Å². The van der Waals surface area contributed by atoms with Gasteiger partial charge in [-0.15, -0.1) is 0 Å². The SMILES string of the molecule is NC1CCC(Nc2c(Br)cc(Br)cc2Br)CC1. The fraction of sp³-hybridized carbons (Fsp3) is 0.500. The second-order valence-electron chi connectivity index (χ2n) is 4.50. The number of hydrogen-bond donors (Lipinski definition) is 2. The van der Waals surface area contributed by atoms with Crippen LogP contribution in [0.2, 0.25) is 0 Å². The van der Waals surface area contributed by atoms with Crippen molar-refractivity contribution in [3.8, 4) is 0 Å². The largest absolute Gasteiger partial charge is 0.380 e. The molecule has 1 aliphatic carbocycles. The number of nitrogens with two attached hydrogens (primary N) is 1. The predicted molar refractivity (Wildman–Crippen MR) is 83.4 cm³/mol. The fourth-order valence-corrected chi connectivity index (χ4v) is 4.64. The lowest BCUT2D eigenvalue weighted by atomic mass is 9.92. The quantitative estimate of drug-likeness (QED) is 0.722. The molecule has 0 aromatic heterocycles. The Morgan fingerprint density at radius 2 is 1.53 bits per heavy atom. The molecule has 0 radical (unpaired) electrons. The van der Waals surface area contributed by atoms with E-state index in [-0.39, 0.29) is 0 Å². The molecular weight excluding hydrogens is 412 g/mol.